The van der Waals surface area contributed by atoms with Crippen LogP contribution in [0.2, 0.25) is 0 Å². The van der Waals surface area contributed by atoms with Gasteiger partial charge in [0.1, 0.15) is 11.6 Å². The molecule has 6 nitrogen and oxygen atoms in total. The fraction of sp³-hybridized carbons (Fsp3) is 0.667. The van der Waals surface area contributed by atoms with Gasteiger partial charge in [-0.3, -0.25) is 4.79 Å². The first-order valence-electron chi connectivity index (χ1n) is 7.64. The van der Waals surface area contributed by atoms with E-state index in [0.717, 1.165) is 17.8 Å². The van der Waals surface area contributed by atoms with Gasteiger partial charge in [0.2, 0.25) is 5.91 Å². The molecule has 0 bridgehead atoms. The Kier molecular flexibility index (Phi) is 7.87. The molecule has 7 heteroatoms. The summed E-state index contributed by atoms with van der Waals surface area (Å²) in [5, 5.41) is 7.57. The van der Waals surface area contributed by atoms with E-state index in [4.69, 9.17) is 0 Å². The van der Waals surface area contributed by atoms with E-state index in [9.17, 15) is 4.79 Å². The Morgan fingerprint density at radius 1 is 1.45 bits per heavy atom. The van der Waals surface area contributed by atoms with Crippen LogP contribution in [0.4, 0.5) is 0 Å². The van der Waals surface area contributed by atoms with E-state index in [1.54, 1.807) is 30.3 Å². The number of aryl methyl sites for hydroxylation is 1. The number of thiazole rings is 1. The van der Waals surface area contributed by atoms with Crippen molar-refractivity contribution in [2.24, 2.45) is 4.99 Å². The van der Waals surface area contributed by atoms with E-state index in [-0.39, 0.29) is 12.5 Å². The quantitative estimate of drug-likeness (QED) is 0.590. The number of nitrogens with zero attached hydrogens (tertiary/aromatic N) is 3. The number of nitrogens with one attached hydrogen (secondary N) is 2. The maximum atomic E-state index is 11.7. The molecule has 0 saturated carbocycles. The Morgan fingerprint density at radius 2 is 2.18 bits per heavy atom. The molecule has 22 heavy (non-hydrogen) atoms. The average molecular weight is 325 g/mol. The van der Waals surface area contributed by atoms with E-state index in [1.807, 2.05) is 6.20 Å². The molecule has 124 valence electrons. The third-order valence-corrected chi connectivity index (χ3v) is 4.37. The first-order chi connectivity index (χ1) is 10.5. The second-order valence-corrected chi connectivity index (χ2v) is 6.53. The van der Waals surface area contributed by atoms with Crippen LogP contribution in [0.25, 0.3) is 0 Å². The molecule has 1 aromatic rings. The second-order valence-electron chi connectivity index (χ2n) is 5.33. The number of hydrogen-bond donors (Lipinski definition) is 2. The number of amides is 1. The fourth-order valence-electron chi connectivity index (χ4n) is 1.53. The minimum Gasteiger partial charge on any atom is -0.354 e. The highest BCUT2D eigenvalue weighted by Gasteiger charge is 2.08. The Hall–Kier alpha value is -1.63. The molecule has 0 saturated heterocycles. The second kappa shape index (κ2) is 9.40. The monoisotopic (exact) mass is 325 g/mol. The molecule has 0 aliphatic heterocycles. The van der Waals surface area contributed by atoms with Gasteiger partial charge in [-0.05, 0) is 19.8 Å². The molecule has 0 spiro atoms. The normalized spacial score (nSPS) is 12.9. The summed E-state index contributed by atoms with van der Waals surface area (Å²) in [6.07, 6.45) is 3.90. The maximum Gasteiger partial charge on any atom is 0.243 e. The zero-order chi connectivity index (χ0) is 16.5. The Bertz CT molecular complexity index is 498. The van der Waals surface area contributed by atoms with Crippen LogP contribution in [0.3, 0.4) is 0 Å². The van der Waals surface area contributed by atoms with Crippen LogP contribution in [0, 0.1) is 0 Å². The Balaban J connectivity index is 2.64. The van der Waals surface area contributed by atoms with Crippen LogP contribution in [0.15, 0.2) is 11.2 Å². The first kappa shape index (κ1) is 18.4. The predicted molar refractivity (Wildman–Crippen MR) is 92.2 cm³/mol. The fourth-order valence-corrected chi connectivity index (χ4v) is 2.33. The summed E-state index contributed by atoms with van der Waals surface area (Å²) in [5.74, 6) is 0.630. The smallest absolute Gasteiger partial charge is 0.243 e. The molecule has 1 amide bonds. The topological polar surface area (TPSA) is 69.6 Å². The molecular formula is C15H27N5OS. The number of likely N-dealkylation sites (N-methyl/N-ethyl adjacent to an activating group) is 1. The minimum atomic E-state index is -0.0206. The van der Waals surface area contributed by atoms with Crippen molar-refractivity contribution in [3.63, 3.8) is 0 Å². The molecule has 1 unspecified atom stereocenters. The van der Waals surface area contributed by atoms with Crippen molar-refractivity contribution < 1.29 is 4.79 Å². The molecule has 1 heterocycles. The van der Waals surface area contributed by atoms with Crippen LogP contribution < -0.4 is 10.6 Å². The summed E-state index contributed by atoms with van der Waals surface area (Å²) in [5.41, 5.74) is 0. The zero-order valence-electron chi connectivity index (χ0n) is 14.1. The number of rotatable bonds is 7. The van der Waals surface area contributed by atoms with Crippen LogP contribution in [0.1, 0.15) is 37.1 Å². The molecule has 1 aromatic heterocycles. The Morgan fingerprint density at radius 3 is 2.73 bits per heavy atom. The SMILES string of the molecule is CCc1cnc(CNC(=NCC(=O)N(C)C)NC(C)CC)s1. The summed E-state index contributed by atoms with van der Waals surface area (Å²) in [7, 11) is 3.46. The molecule has 2 N–H and O–H groups in total. The molecule has 0 fully saturated rings. The van der Waals surface area contributed by atoms with Gasteiger partial charge in [-0.15, -0.1) is 11.3 Å². The lowest BCUT2D eigenvalue weighted by atomic mass is 10.3. The predicted octanol–water partition coefficient (Wildman–Crippen LogP) is 1.63. The molecule has 1 rings (SSSR count). The summed E-state index contributed by atoms with van der Waals surface area (Å²) < 4.78 is 0. The number of carbonyl (C=O) groups is 1. The number of aromatic nitrogens is 1. The van der Waals surface area contributed by atoms with Crippen molar-refractivity contribution in [1.82, 2.24) is 20.5 Å². The van der Waals surface area contributed by atoms with Gasteiger partial charge in [0.25, 0.3) is 0 Å². The van der Waals surface area contributed by atoms with E-state index in [2.05, 4.69) is 41.4 Å². The van der Waals surface area contributed by atoms with E-state index < -0.39 is 0 Å². The summed E-state index contributed by atoms with van der Waals surface area (Å²) in [6, 6.07) is 0.295. The molecule has 0 aromatic carbocycles. The lowest BCUT2D eigenvalue weighted by Crippen LogP contribution is -2.42. The number of guanidine groups is 1. The van der Waals surface area contributed by atoms with Gasteiger partial charge in [-0.2, -0.15) is 0 Å². The number of aliphatic imine (C=N–C) groups is 1. The van der Waals surface area contributed by atoms with E-state index >= 15 is 0 Å². The van der Waals surface area contributed by atoms with Crippen molar-refractivity contribution in [3.8, 4) is 0 Å². The van der Waals surface area contributed by atoms with Crippen LogP contribution in [-0.2, 0) is 17.8 Å². The Labute approximate surface area is 137 Å². The molecular weight excluding hydrogens is 298 g/mol. The third kappa shape index (κ3) is 6.43. The third-order valence-electron chi connectivity index (χ3n) is 3.22. The maximum absolute atomic E-state index is 11.7. The van der Waals surface area contributed by atoms with Crippen molar-refractivity contribution in [2.45, 2.75) is 46.2 Å². The summed E-state index contributed by atoms with van der Waals surface area (Å²) in [6.45, 7) is 7.06. The van der Waals surface area contributed by atoms with Crippen molar-refractivity contribution in [3.05, 3.63) is 16.1 Å². The first-order valence-corrected chi connectivity index (χ1v) is 8.46. The van der Waals surface area contributed by atoms with Crippen LogP contribution in [-0.4, -0.2) is 48.4 Å². The summed E-state index contributed by atoms with van der Waals surface area (Å²) in [4.78, 5) is 23.2. The minimum absolute atomic E-state index is 0.0206. The van der Waals surface area contributed by atoms with Gasteiger partial charge >= 0.3 is 0 Å². The lowest BCUT2D eigenvalue weighted by Gasteiger charge is -2.17. The largest absolute Gasteiger partial charge is 0.354 e. The molecule has 0 aliphatic rings. The highest BCUT2D eigenvalue weighted by molar-refractivity contribution is 7.11. The molecule has 0 radical (unpaired) electrons. The van der Waals surface area contributed by atoms with Gasteiger partial charge < -0.3 is 15.5 Å². The van der Waals surface area contributed by atoms with Crippen molar-refractivity contribution >= 4 is 23.2 Å². The van der Waals surface area contributed by atoms with Gasteiger partial charge in [0.15, 0.2) is 5.96 Å². The van der Waals surface area contributed by atoms with Crippen LogP contribution in [0.5, 0.6) is 0 Å². The van der Waals surface area contributed by atoms with Crippen molar-refractivity contribution in [1.29, 1.82) is 0 Å². The standard InChI is InChI=1S/C15H27N5OS/c1-6-11(3)19-15(18-10-14(21)20(4)5)17-9-13-16-8-12(7-2)22-13/h8,11H,6-7,9-10H2,1-5H3,(H2,17,18,19). The van der Waals surface area contributed by atoms with Crippen molar-refractivity contribution in [2.75, 3.05) is 20.6 Å². The zero-order valence-corrected chi connectivity index (χ0v) is 15.0. The number of carbonyl (C=O) groups excluding carboxylic acids is 1. The van der Waals surface area contributed by atoms with Gasteiger partial charge in [0.05, 0.1) is 6.54 Å². The number of hydrogen-bond acceptors (Lipinski definition) is 4. The highest BCUT2D eigenvalue weighted by Crippen LogP contribution is 2.12. The van der Waals surface area contributed by atoms with E-state index in [0.29, 0.717) is 18.5 Å². The van der Waals surface area contributed by atoms with E-state index in [1.165, 1.54) is 4.88 Å². The van der Waals surface area contributed by atoms with Gasteiger partial charge in [-0.25, -0.2) is 9.98 Å². The molecule has 0 aliphatic carbocycles. The average Bonchev–Trinajstić information content (AvgIpc) is 2.97. The van der Waals surface area contributed by atoms with Gasteiger partial charge in [0, 0.05) is 31.2 Å². The lowest BCUT2D eigenvalue weighted by molar-refractivity contribution is -0.127. The summed E-state index contributed by atoms with van der Waals surface area (Å²) >= 11 is 1.70. The van der Waals surface area contributed by atoms with Crippen LogP contribution >= 0.6 is 11.3 Å². The molecule has 1 atom stereocenters. The highest BCUT2D eigenvalue weighted by atomic mass is 32.1. The van der Waals surface area contributed by atoms with Gasteiger partial charge in [-0.1, -0.05) is 13.8 Å².